The fraction of sp³-hybridized carbons (Fsp3) is 0.429. The summed E-state index contributed by atoms with van der Waals surface area (Å²) in [6, 6.07) is 5.59. The van der Waals surface area contributed by atoms with Crippen LogP contribution in [0.2, 0.25) is 10.0 Å². The van der Waals surface area contributed by atoms with Crippen molar-refractivity contribution < 1.29 is 0 Å². The first-order valence-corrected chi connectivity index (χ1v) is 7.42. The highest BCUT2D eigenvalue weighted by Gasteiger charge is 2.46. The maximum Gasteiger partial charge on any atom is 0.217 e. The molecule has 1 heterocycles. The standard InChI is InChI=1S/C14H16Cl2N4/c15-9-4-3-8(7-10(9)16)11-12(17)19-13(18)20-14(11)5-1-2-6-14/h3-4,7,11H,1-2,5-6H2,(H4,17,18,19,20). The van der Waals surface area contributed by atoms with E-state index in [0.29, 0.717) is 15.9 Å². The monoisotopic (exact) mass is 310 g/mol. The molecule has 1 fully saturated rings. The molecule has 0 bridgehead atoms. The van der Waals surface area contributed by atoms with Gasteiger partial charge in [-0.15, -0.1) is 0 Å². The van der Waals surface area contributed by atoms with Crippen molar-refractivity contribution in [2.24, 2.45) is 21.5 Å². The third-order valence-corrected chi connectivity index (χ3v) is 4.90. The van der Waals surface area contributed by atoms with Crippen molar-refractivity contribution in [2.75, 3.05) is 0 Å². The molecule has 20 heavy (non-hydrogen) atoms. The van der Waals surface area contributed by atoms with E-state index >= 15 is 0 Å². The normalized spacial score (nSPS) is 24.6. The van der Waals surface area contributed by atoms with Gasteiger partial charge in [0.15, 0.2) is 0 Å². The van der Waals surface area contributed by atoms with E-state index < -0.39 is 0 Å². The average molecular weight is 311 g/mol. The predicted octanol–water partition coefficient (Wildman–Crippen LogP) is 3.08. The Labute approximate surface area is 127 Å². The van der Waals surface area contributed by atoms with Crippen LogP contribution in [0.1, 0.15) is 37.2 Å². The smallest absolute Gasteiger partial charge is 0.217 e. The van der Waals surface area contributed by atoms with Gasteiger partial charge in [0.05, 0.1) is 21.5 Å². The van der Waals surface area contributed by atoms with Gasteiger partial charge in [-0.1, -0.05) is 42.1 Å². The van der Waals surface area contributed by atoms with Crippen molar-refractivity contribution in [3.63, 3.8) is 0 Å². The Morgan fingerprint density at radius 3 is 2.45 bits per heavy atom. The van der Waals surface area contributed by atoms with Gasteiger partial charge >= 0.3 is 0 Å². The van der Waals surface area contributed by atoms with Crippen LogP contribution in [-0.2, 0) is 0 Å². The molecule has 1 atom stereocenters. The molecular weight excluding hydrogens is 295 g/mol. The molecule has 0 aromatic heterocycles. The van der Waals surface area contributed by atoms with Gasteiger partial charge in [-0.05, 0) is 30.5 Å². The number of benzene rings is 1. The lowest BCUT2D eigenvalue weighted by Crippen LogP contribution is -2.45. The molecule has 3 rings (SSSR count). The first kappa shape index (κ1) is 13.7. The van der Waals surface area contributed by atoms with Crippen molar-refractivity contribution in [3.05, 3.63) is 33.8 Å². The lowest BCUT2D eigenvalue weighted by molar-refractivity contribution is 0.407. The Morgan fingerprint density at radius 1 is 1.10 bits per heavy atom. The molecule has 0 saturated heterocycles. The van der Waals surface area contributed by atoms with E-state index in [9.17, 15) is 0 Å². The summed E-state index contributed by atoms with van der Waals surface area (Å²) in [6.45, 7) is 0. The summed E-state index contributed by atoms with van der Waals surface area (Å²) >= 11 is 12.1. The summed E-state index contributed by atoms with van der Waals surface area (Å²) in [5.41, 5.74) is 12.7. The predicted molar refractivity (Wildman–Crippen MR) is 83.6 cm³/mol. The number of aliphatic imine (C=N–C) groups is 2. The highest BCUT2D eigenvalue weighted by molar-refractivity contribution is 6.42. The molecule has 106 valence electrons. The molecule has 1 saturated carbocycles. The molecule has 4 N–H and O–H groups in total. The van der Waals surface area contributed by atoms with Crippen LogP contribution in [0.4, 0.5) is 0 Å². The number of rotatable bonds is 1. The summed E-state index contributed by atoms with van der Waals surface area (Å²) in [5.74, 6) is 0.713. The fourth-order valence-corrected chi connectivity index (χ4v) is 3.66. The van der Waals surface area contributed by atoms with Crippen molar-refractivity contribution in [2.45, 2.75) is 37.1 Å². The minimum absolute atomic E-state index is 0.0768. The van der Waals surface area contributed by atoms with E-state index in [2.05, 4.69) is 9.98 Å². The molecule has 1 unspecified atom stereocenters. The summed E-state index contributed by atoms with van der Waals surface area (Å²) in [4.78, 5) is 8.78. The Balaban J connectivity index is 2.09. The minimum Gasteiger partial charge on any atom is -0.386 e. The molecule has 1 aromatic carbocycles. The van der Waals surface area contributed by atoms with Crippen LogP contribution >= 0.6 is 23.2 Å². The number of halogens is 2. The Morgan fingerprint density at radius 2 is 1.80 bits per heavy atom. The van der Waals surface area contributed by atoms with Crippen LogP contribution in [0.15, 0.2) is 28.2 Å². The fourth-order valence-electron chi connectivity index (χ4n) is 3.35. The minimum atomic E-state index is -0.271. The topological polar surface area (TPSA) is 76.8 Å². The molecule has 0 radical (unpaired) electrons. The first-order valence-electron chi connectivity index (χ1n) is 6.66. The lowest BCUT2D eigenvalue weighted by atomic mass is 9.77. The molecule has 6 heteroatoms. The van der Waals surface area contributed by atoms with Gasteiger partial charge in [0.2, 0.25) is 5.96 Å². The lowest BCUT2D eigenvalue weighted by Gasteiger charge is -2.36. The van der Waals surface area contributed by atoms with E-state index in [4.69, 9.17) is 34.7 Å². The molecular formula is C14H16Cl2N4. The van der Waals surface area contributed by atoms with Crippen LogP contribution in [0.25, 0.3) is 0 Å². The molecule has 4 nitrogen and oxygen atoms in total. The quantitative estimate of drug-likeness (QED) is 0.836. The summed E-state index contributed by atoms with van der Waals surface area (Å²) in [7, 11) is 0. The van der Waals surface area contributed by atoms with E-state index in [0.717, 1.165) is 31.2 Å². The van der Waals surface area contributed by atoms with Crippen LogP contribution < -0.4 is 11.5 Å². The molecule has 0 amide bonds. The van der Waals surface area contributed by atoms with E-state index in [1.807, 2.05) is 12.1 Å². The largest absolute Gasteiger partial charge is 0.386 e. The number of hydrogen-bond donors (Lipinski definition) is 2. The van der Waals surface area contributed by atoms with E-state index in [1.54, 1.807) is 6.07 Å². The molecule has 1 aliphatic heterocycles. The second-order valence-electron chi connectivity index (χ2n) is 5.42. The van der Waals surface area contributed by atoms with Gasteiger partial charge < -0.3 is 11.5 Å². The SMILES string of the molecule is NC1=NC2(CCCC2)C(c2ccc(Cl)c(Cl)c2)C(N)=N1. The van der Waals surface area contributed by atoms with Gasteiger partial charge in [-0.3, -0.25) is 0 Å². The zero-order chi connectivity index (χ0) is 14.3. The van der Waals surface area contributed by atoms with Gasteiger partial charge in [-0.2, -0.15) is 0 Å². The number of nitrogens with two attached hydrogens (primary N) is 2. The van der Waals surface area contributed by atoms with Crippen molar-refractivity contribution in [1.82, 2.24) is 0 Å². The van der Waals surface area contributed by atoms with Gasteiger partial charge in [0.25, 0.3) is 0 Å². The molecule has 1 spiro atoms. The summed E-state index contributed by atoms with van der Waals surface area (Å²) in [5, 5.41) is 1.05. The van der Waals surface area contributed by atoms with Crippen LogP contribution in [0.3, 0.4) is 0 Å². The highest BCUT2D eigenvalue weighted by atomic mass is 35.5. The Kier molecular flexibility index (Phi) is 3.38. The average Bonchev–Trinajstić information content (AvgIpc) is 2.81. The van der Waals surface area contributed by atoms with Gasteiger partial charge in [0.1, 0.15) is 5.84 Å². The third-order valence-electron chi connectivity index (χ3n) is 4.16. The first-order chi connectivity index (χ1) is 9.52. The maximum atomic E-state index is 6.16. The molecule has 1 aromatic rings. The van der Waals surface area contributed by atoms with Gasteiger partial charge in [0, 0.05) is 0 Å². The number of hydrogen-bond acceptors (Lipinski definition) is 4. The zero-order valence-corrected chi connectivity index (χ0v) is 12.5. The van der Waals surface area contributed by atoms with E-state index in [1.165, 1.54) is 0 Å². The third kappa shape index (κ3) is 2.17. The van der Waals surface area contributed by atoms with E-state index in [-0.39, 0.29) is 17.4 Å². The zero-order valence-electron chi connectivity index (χ0n) is 10.9. The van der Waals surface area contributed by atoms with Crippen molar-refractivity contribution in [1.29, 1.82) is 0 Å². The Bertz CT molecular complexity index is 603. The van der Waals surface area contributed by atoms with Gasteiger partial charge in [-0.25, -0.2) is 9.98 Å². The maximum absolute atomic E-state index is 6.16. The van der Waals surface area contributed by atoms with Crippen molar-refractivity contribution in [3.8, 4) is 0 Å². The molecule has 2 aliphatic rings. The highest BCUT2D eigenvalue weighted by Crippen LogP contribution is 2.46. The Hall–Kier alpha value is -1.26. The number of nitrogens with zero attached hydrogens (tertiary/aromatic N) is 2. The van der Waals surface area contributed by atoms with Crippen LogP contribution in [0.5, 0.6) is 0 Å². The van der Waals surface area contributed by atoms with Crippen LogP contribution in [0, 0.1) is 0 Å². The van der Waals surface area contributed by atoms with Crippen LogP contribution in [-0.4, -0.2) is 17.3 Å². The number of amidine groups is 1. The summed E-state index contributed by atoms with van der Waals surface area (Å²) < 4.78 is 0. The molecule has 1 aliphatic carbocycles. The second kappa shape index (κ2) is 4.93. The second-order valence-corrected chi connectivity index (χ2v) is 6.24. The van der Waals surface area contributed by atoms with Crippen molar-refractivity contribution >= 4 is 35.0 Å². The summed E-state index contributed by atoms with van der Waals surface area (Å²) in [6.07, 6.45) is 4.19. The number of guanidine groups is 1.